The molecule has 31 heavy (non-hydrogen) atoms. The van der Waals surface area contributed by atoms with Crippen molar-refractivity contribution in [2.75, 3.05) is 17.5 Å². The summed E-state index contributed by atoms with van der Waals surface area (Å²) in [6.07, 6.45) is 1.47. The van der Waals surface area contributed by atoms with Gasteiger partial charge in [0, 0.05) is 30.8 Å². The van der Waals surface area contributed by atoms with E-state index in [0.717, 1.165) is 24.8 Å². The Hall–Kier alpha value is -3.20. The Kier molecular flexibility index (Phi) is 6.74. The number of nitrogens with one attached hydrogen (secondary N) is 1. The Morgan fingerprint density at radius 3 is 2.23 bits per heavy atom. The van der Waals surface area contributed by atoms with Crippen LogP contribution in [-0.2, 0) is 26.1 Å². The Morgan fingerprint density at radius 1 is 1.06 bits per heavy atom. The molecular weight excluding hydrogens is 420 g/mol. The summed E-state index contributed by atoms with van der Waals surface area (Å²) < 4.78 is 30.1. The molecule has 2 aromatic rings. The van der Waals surface area contributed by atoms with E-state index in [-0.39, 0.29) is 5.91 Å². The van der Waals surface area contributed by atoms with Crippen molar-refractivity contribution < 1.29 is 27.5 Å². The summed E-state index contributed by atoms with van der Waals surface area (Å²) in [6, 6.07) is 12.6. The van der Waals surface area contributed by atoms with Gasteiger partial charge in [-0.15, -0.1) is 0 Å². The molecule has 164 valence electrons. The zero-order chi connectivity index (χ0) is 22.6. The molecule has 0 bridgehead atoms. The third-order valence-corrected chi connectivity index (χ3v) is 5.47. The van der Waals surface area contributed by atoms with Gasteiger partial charge in [-0.3, -0.25) is 14.3 Å². The Morgan fingerprint density at radius 2 is 1.68 bits per heavy atom. The molecule has 0 aromatic heterocycles. The molecule has 1 N–H and O–H groups in total. The van der Waals surface area contributed by atoms with E-state index in [2.05, 4.69) is 4.72 Å². The highest BCUT2D eigenvalue weighted by Gasteiger charge is 2.22. The van der Waals surface area contributed by atoms with Crippen molar-refractivity contribution in [3.8, 4) is 0 Å². The number of anilines is 1. The average molecular weight is 445 g/mol. The number of Topliss-reactive ketones (excluding diaryl/α,β-unsaturated/α-hetero) is 1. The third-order valence-electron chi connectivity index (χ3n) is 4.86. The number of esters is 1. The highest BCUT2D eigenvalue weighted by Crippen LogP contribution is 2.17. The van der Waals surface area contributed by atoms with Crippen molar-refractivity contribution in [1.29, 1.82) is 0 Å². The Balaban J connectivity index is 1.58. The topological polar surface area (TPSA) is 110 Å². The molecule has 8 nitrogen and oxygen atoms in total. The quantitative estimate of drug-likeness (QED) is 0.495. The molecule has 1 aliphatic rings. The van der Waals surface area contributed by atoms with Gasteiger partial charge in [-0.05, 0) is 55.3 Å². The number of hydrogen-bond donors (Lipinski definition) is 1. The van der Waals surface area contributed by atoms with Crippen LogP contribution in [0, 0.1) is 0 Å². The van der Waals surface area contributed by atoms with Crippen molar-refractivity contribution in [3.05, 3.63) is 65.2 Å². The van der Waals surface area contributed by atoms with E-state index < -0.39 is 27.9 Å². The number of ether oxygens (including phenoxy) is 1. The molecular formula is C22H24N2O6S. The van der Waals surface area contributed by atoms with Gasteiger partial charge in [0.1, 0.15) is 0 Å². The highest BCUT2D eigenvalue weighted by molar-refractivity contribution is 7.92. The predicted octanol–water partition coefficient (Wildman–Crippen LogP) is 2.61. The minimum absolute atomic E-state index is 0.135. The molecule has 1 amide bonds. The molecule has 1 atom stereocenters. The first-order valence-electron chi connectivity index (χ1n) is 9.82. The Labute approximate surface area is 181 Å². The molecule has 0 radical (unpaired) electrons. The molecule has 3 rings (SSSR count). The van der Waals surface area contributed by atoms with Crippen molar-refractivity contribution in [3.63, 3.8) is 0 Å². The molecule has 0 spiro atoms. The number of nitrogens with zero attached hydrogens (tertiary/aromatic N) is 1. The van der Waals surface area contributed by atoms with Gasteiger partial charge < -0.3 is 9.64 Å². The van der Waals surface area contributed by atoms with E-state index in [1.165, 1.54) is 31.2 Å². The van der Waals surface area contributed by atoms with Gasteiger partial charge in [0.15, 0.2) is 6.10 Å². The van der Waals surface area contributed by atoms with Crippen LogP contribution in [0.5, 0.6) is 0 Å². The van der Waals surface area contributed by atoms with Gasteiger partial charge >= 0.3 is 5.97 Å². The van der Waals surface area contributed by atoms with Crippen molar-refractivity contribution in [2.45, 2.75) is 32.4 Å². The number of ketones is 1. The van der Waals surface area contributed by atoms with Crippen LogP contribution in [0.3, 0.4) is 0 Å². The number of sulfonamides is 1. The van der Waals surface area contributed by atoms with E-state index in [4.69, 9.17) is 4.74 Å². The first-order valence-corrected chi connectivity index (χ1v) is 11.7. The van der Waals surface area contributed by atoms with Gasteiger partial charge in [-0.1, -0.05) is 12.1 Å². The molecule has 1 unspecified atom stereocenters. The van der Waals surface area contributed by atoms with Crippen LogP contribution in [0.15, 0.2) is 48.5 Å². The summed E-state index contributed by atoms with van der Waals surface area (Å²) in [4.78, 5) is 38.4. The van der Waals surface area contributed by atoms with E-state index in [9.17, 15) is 22.8 Å². The fourth-order valence-corrected chi connectivity index (χ4v) is 3.84. The standard InChI is InChI=1S/C22H24N2O6S/c1-15(21(26)17-9-11-19(12-10-17)23-31(2,28)29)30-22(27)18-7-5-16(6-8-18)14-24-13-3-4-20(24)25/h5-12,15,23H,3-4,13-14H2,1-2H3. The fraction of sp³-hybridized carbons (Fsp3) is 0.318. The zero-order valence-corrected chi connectivity index (χ0v) is 18.1. The van der Waals surface area contributed by atoms with Crippen molar-refractivity contribution >= 4 is 33.4 Å². The molecule has 0 aliphatic carbocycles. The van der Waals surface area contributed by atoms with Crippen LogP contribution in [0.25, 0.3) is 0 Å². The Bertz CT molecular complexity index is 1080. The second-order valence-electron chi connectivity index (χ2n) is 7.48. The number of hydrogen-bond acceptors (Lipinski definition) is 6. The number of likely N-dealkylation sites (tertiary alicyclic amines) is 1. The predicted molar refractivity (Wildman–Crippen MR) is 115 cm³/mol. The number of carbonyl (C=O) groups is 3. The minimum Gasteiger partial charge on any atom is -0.451 e. The monoisotopic (exact) mass is 444 g/mol. The number of amides is 1. The summed E-state index contributed by atoms with van der Waals surface area (Å²) in [7, 11) is -3.41. The number of benzene rings is 2. The minimum atomic E-state index is -3.41. The summed E-state index contributed by atoms with van der Waals surface area (Å²) in [5.41, 5.74) is 1.85. The van der Waals surface area contributed by atoms with Gasteiger partial charge in [0.25, 0.3) is 0 Å². The molecule has 2 aromatic carbocycles. The SMILES string of the molecule is CC(OC(=O)c1ccc(CN2CCCC2=O)cc1)C(=O)c1ccc(NS(C)(=O)=O)cc1. The van der Waals surface area contributed by atoms with Crippen molar-refractivity contribution in [2.24, 2.45) is 0 Å². The molecule has 1 aliphatic heterocycles. The van der Waals surface area contributed by atoms with Crippen LogP contribution in [0.4, 0.5) is 5.69 Å². The van der Waals surface area contributed by atoms with Gasteiger partial charge in [0.2, 0.25) is 21.7 Å². The van der Waals surface area contributed by atoms with Crippen LogP contribution >= 0.6 is 0 Å². The van der Waals surface area contributed by atoms with Gasteiger partial charge in [-0.25, -0.2) is 13.2 Å². The van der Waals surface area contributed by atoms with Crippen LogP contribution < -0.4 is 4.72 Å². The first-order chi connectivity index (χ1) is 14.6. The van der Waals surface area contributed by atoms with Crippen LogP contribution in [0.1, 0.15) is 46.0 Å². The molecule has 1 saturated heterocycles. The van der Waals surface area contributed by atoms with E-state index in [1.54, 1.807) is 29.2 Å². The number of carbonyl (C=O) groups excluding carboxylic acids is 3. The zero-order valence-electron chi connectivity index (χ0n) is 17.3. The maximum atomic E-state index is 12.5. The van der Waals surface area contributed by atoms with Crippen LogP contribution in [0.2, 0.25) is 0 Å². The van der Waals surface area contributed by atoms with Crippen molar-refractivity contribution in [1.82, 2.24) is 4.90 Å². The average Bonchev–Trinajstić information content (AvgIpc) is 3.11. The van der Waals surface area contributed by atoms with Crippen LogP contribution in [-0.4, -0.2) is 49.9 Å². The molecule has 1 fully saturated rings. The summed E-state index contributed by atoms with van der Waals surface area (Å²) in [5.74, 6) is -0.889. The normalized spacial score (nSPS) is 14.9. The van der Waals surface area contributed by atoms with Gasteiger partial charge in [-0.2, -0.15) is 0 Å². The maximum Gasteiger partial charge on any atom is 0.338 e. The smallest absolute Gasteiger partial charge is 0.338 e. The lowest BCUT2D eigenvalue weighted by Gasteiger charge is -2.16. The highest BCUT2D eigenvalue weighted by atomic mass is 32.2. The first kappa shape index (κ1) is 22.5. The lowest BCUT2D eigenvalue weighted by molar-refractivity contribution is -0.128. The molecule has 1 heterocycles. The van der Waals surface area contributed by atoms with E-state index in [0.29, 0.717) is 29.8 Å². The fourth-order valence-electron chi connectivity index (χ4n) is 3.27. The largest absolute Gasteiger partial charge is 0.451 e. The second-order valence-corrected chi connectivity index (χ2v) is 9.23. The summed E-state index contributed by atoms with van der Waals surface area (Å²) in [5, 5.41) is 0. The molecule has 9 heteroatoms. The lowest BCUT2D eigenvalue weighted by atomic mass is 10.1. The molecule has 0 saturated carbocycles. The summed E-state index contributed by atoms with van der Waals surface area (Å²) >= 11 is 0. The van der Waals surface area contributed by atoms with Gasteiger partial charge in [0.05, 0.1) is 11.8 Å². The van der Waals surface area contributed by atoms with E-state index >= 15 is 0 Å². The second kappa shape index (κ2) is 9.30. The lowest BCUT2D eigenvalue weighted by Crippen LogP contribution is -2.25. The maximum absolute atomic E-state index is 12.5. The summed E-state index contributed by atoms with van der Waals surface area (Å²) in [6.45, 7) is 2.73. The number of rotatable bonds is 8. The van der Waals surface area contributed by atoms with E-state index in [1.807, 2.05) is 0 Å². The third kappa shape index (κ3) is 6.14.